The van der Waals surface area contributed by atoms with Crippen molar-refractivity contribution in [2.45, 2.75) is 13.0 Å². The van der Waals surface area contributed by atoms with E-state index in [0.717, 1.165) is 22.4 Å². The molecule has 156 valence electrons. The Bertz CT molecular complexity index is 1100. The van der Waals surface area contributed by atoms with Gasteiger partial charge in [0.05, 0.1) is 17.7 Å². The highest BCUT2D eigenvalue weighted by molar-refractivity contribution is 5.78. The number of hydrogen-bond donors (Lipinski definition) is 1. The van der Waals surface area contributed by atoms with Gasteiger partial charge in [-0.15, -0.1) is 0 Å². The number of nitrogens with one attached hydrogen (secondary N) is 1. The second kappa shape index (κ2) is 9.23. The lowest BCUT2D eigenvalue weighted by atomic mass is 10.0. The maximum absolute atomic E-state index is 12.3. The van der Waals surface area contributed by atoms with Crippen LogP contribution in [0.15, 0.2) is 66.7 Å². The molecule has 0 unspecified atom stereocenters. The molecule has 0 bridgehead atoms. The van der Waals surface area contributed by atoms with Crippen LogP contribution in [0.5, 0.6) is 17.2 Å². The van der Waals surface area contributed by atoms with E-state index in [4.69, 9.17) is 19.5 Å². The second-order valence-electron chi connectivity index (χ2n) is 7.19. The molecule has 1 heterocycles. The first-order valence-corrected chi connectivity index (χ1v) is 10.0. The van der Waals surface area contributed by atoms with Crippen LogP contribution in [0.25, 0.3) is 11.1 Å². The quantitative estimate of drug-likeness (QED) is 0.652. The Labute approximate surface area is 181 Å². The van der Waals surface area contributed by atoms with Gasteiger partial charge >= 0.3 is 0 Å². The molecule has 1 aliphatic rings. The van der Waals surface area contributed by atoms with Crippen molar-refractivity contribution in [2.75, 3.05) is 19.8 Å². The van der Waals surface area contributed by atoms with E-state index in [1.165, 1.54) is 0 Å². The molecule has 1 amide bonds. The van der Waals surface area contributed by atoms with Crippen LogP contribution in [0, 0.1) is 11.3 Å². The predicted octanol–water partition coefficient (Wildman–Crippen LogP) is 4.25. The Kier molecular flexibility index (Phi) is 6.04. The molecule has 0 aliphatic carbocycles. The predicted molar refractivity (Wildman–Crippen MR) is 116 cm³/mol. The number of benzene rings is 3. The maximum atomic E-state index is 12.3. The van der Waals surface area contributed by atoms with Gasteiger partial charge in [-0.25, -0.2) is 0 Å². The summed E-state index contributed by atoms with van der Waals surface area (Å²) in [6.45, 7) is 2.90. The number of nitrogens with zero attached hydrogens (tertiary/aromatic N) is 1. The number of fused-ring (bicyclic) bond motifs is 1. The largest absolute Gasteiger partial charge is 0.486 e. The standard InChI is InChI=1S/C25H22N2O4/c1-17(21-8-11-23-24(14-21)30-13-12-29-23)27-25(28)16-31-22-9-6-20(7-10-22)19-4-2-18(15-26)3-5-19/h2-11,14,17H,12-13,16H2,1H3,(H,27,28)/t17-/m1/s1. The van der Waals surface area contributed by atoms with E-state index in [-0.39, 0.29) is 18.6 Å². The van der Waals surface area contributed by atoms with Gasteiger partial charge in [0, 0.05) is 0 Å². The first kappa shape index (κ1) is 20.3. The molecular formula is C25H22N2O4. The third-order valence-corrected chi connectivity index (χ3v) is 5.02. The maximum Gasteiger partial charge on any atom is 0.258 e. The lowest BCUT2D eigenvalue weighted by Crippen LogP contribution is -2.31. The van der Waals surface area contributed by atoms with E-state index >= 15 is 0 Å². The number of amides is 1. The van der Waals surface area contributed by atoms with Crippen LogP contribution in [0.4, 0.5) is 0 Å². The van der Waals surface area contributed by atoms with Gasteiger partial charge < -0.3 is 19.5 Å². The molecule has 3 aromatic rings. The summed E-state index contributed by atoms with van der Waals surface area (Å²) < 4.78 is 16.8. The highest BCUT2D eigenvalue weighted by atomic mass is 16.6. The van der Waals surface area contributed by atoms with Gasteiger partial charge in [-0.2, -0.15) is 5.26 Å². The minimum Gasteiger partial charge on any atom is -0.486 e. The average molecular weight is 414 g/mol. The topological polar surface area (TPSA) is 80.6 Å². The summed E-state index contributed by atoms with van der Waals surface area (Å²) in [5.41, 5.74) is 3.58. The van der Waals surface area contributed by atoms with E-state index in [2.05, 4.69) is 11.4 Å². The Morgan fingerprint density at radius 3 is 2.32 bits per heavy atom. The highest BCUT2D eigenvalue weighted by Gasteiger charge is 2.16. The second-order valence-corrected chi connectivity index (χ2v) is 7.19. The molecule has 0 saturated carbocycles. The smallest absolute Gasteiger partial charge is 0.258 e. The van der Waals surface area contributed by atoms with E-state index in [0.29, 0.717) is 30.3 Å². The molecule has 4 rings (SSSR count). The monoisotopic (exact) mass is 414 g/mol. The molecule has 0 fully saturated rings. The molecule has 6 heteroatoms. The molecule has 3 aromatic carbocycles. The number of rotatable bonds is 6. The van der Waals surface area contributed by atoms with Crippen LogP contribution in [0.3, 0.4) is 0 Å². The molecule has 31 heavy (non-hydrogen) atoms. The SMILES string of the molecule is C[C@@H](NC(=O)COc1ccc(-c2ccc(C#N)cc2)cc1)c1ccc2c(c1)OCCO2. The molecular weight excluding hydrogens is 392 g/mol. The molecule has 1 N–H and O–H groups in total. The van der Waals surface area contributed by atoms with Gasteiger partial charge in [0.2, 0.25) is 0 Å². The van der Waals surface area contributed by atoms with Crippen molar-refractivity contribution in [1.29, 1.82) is 5.26 Å². The normalized spacial score (nSPS) is 13.0. The van der Waals surface area contributed by atoms with Crippen molar-refractivity contribution >= 4 is 5.91 Å². The summed E-state index contributed by atoms with van der Waals surface area (Å²) in [6.07, 6.45) is 0. The lowest BCUT2D eigenvalue weighted by Gasteiger charge is -2.21. The zero-order valence-electron chi connectivity index (χ0n) is 17.1. The van der Waals surface area contributed by atoms with Crippen LogP contribution < -0.4 is 19.5 Å². The molecule has 0 radical (unpaired) electrons. The van der Waals surface area contributed by atoms with Crippen LogP contribution >= 0.6 is 0 Å². The van der Waals surface area contributed by atoms with Crippen molar-refractivity contribution in [2.24, 2.45) is 0 Å². The zero-order valence-corrected chi connectivity index (χ0v) is 17.1. The van der Waals surface area contributed by atoms with Crippen LogP contribution in [-0.4, -0.2) is 25.7 Å². The number of hydrogen-bond acceptors (Lipinski definition) is 5. The van der Waals surface area contributed by atoms with E-state index in [9.17, 15) is 4.79 Å². The van der Waals surface area contributed by atoms with Crippen molar-refractivity contribution in [3.05, 3.63) is 77.9 Å². The van der Waals surface area contributed by atoms with Gasteiger partial charge in [0.25, 0.3) is 5.91 Å². The first-order chi connectivity index (χ1) is 15.1. The number of carbonyl (C=O) groups is 1. The van der Waals surface area contributed by atoms with Gasteiger partial charge in [0.1, 0.15) is 19.0 Å². The molecule has 0 spiro atoms. The van der Waals surface area contributed by atoms with Crippen LogP contribution in [-0.2, 0) is 4.79 Å². The number of nitriles is 1. The van der Waals surface area contributed by atoms with Crippen LogP contribution in [0.1, 0.15) is 24.1 Å². The fourth-order valence-corrected chi connectivity index (χ4v) is 3.33. The van der Waals surface area contributed by atoms with Gasteiger partial charge in [-0.3, -0.25) is 4.79 Å². The Balaban J connectivity index is 1.30. The molecule has 0 saturated heterocycles. The molecule has 0 aromatic heterocycles. The summed E-state index contributed by atoms with van der Waals surface area (Å²) in [7, 11) is 0. The van der Waals surface area contributed by atoms with Crippen molar-refractivity contribution in [3.63, 3.8) is 0 Å². The minimum atomic E-state index is -0.210. The zero-order chi connectivity index (χ0) is 21.6. The summed E-state index contributed by atoms with van der Waals surface area (Å²) in [4.78, 5) is 12.3. The lowest BCUT2D eigenvalue weighted by molar-refractivity contribution is -0.123. The van der Waals surface area contributed by atoms with E-state index in [1.54, 1.807) is 12.1 Å². The van der Waals surface area contributed by atoms with Crippen molar-refractivity contribution < 1.29 is 19.0 Å². The van der Waals surface area contributed by atoms with Crippen molar-refractivity contribution in [1.82, 2.24) is 5.32 Å². The average Bonchev–Trinajstić information content (AvgIpc) is 2.83. The van der Waals surface area contributed by atoms with E-state index < -0.39 is 0 Å². The Morgan fingerprint density at radius 1 is 1.00 bits per heavy atom. The third-order valence-electron chi connectivity index (χ3n) is 5.02. The summed E-state index contributed by atoms with van der Waals surface area (Å²) in [5, 5.41) is 11.8. The minimum absolute atomic E-state index is 0.0783. The van der Waals surface area contributed by atoms with Gasteiger partial charge in [-0.05, 0) is 60.0 Å². The third kappa shape index (κ3) is 4.96. The fourth-order valence-electron chi connectivity index (χ4n) is 3.33. The van der Waals surface area contributed by atoms with Gasteiger partial charge in [0.15, 0.2) is 18.1 Å². The van der Waals surface area contributed by atoms with Crippen molar-refractivity contribution in [3.8, 4) is 34.4 Å². The fraction of sp³-hybridized carbons (Fsp3) is 0.200. The number of ether oxygens (including phenoxy) is 3. The molecule has 1 aliphatic heterocycles. The summed E-state index contributed by atoms with van der Waals surface area (Å²) in [6, 6.07) is 22.5. The Hall–Kier alpha value is -3.98. The van der Waals surface area contributed by atoms with E-state index in [1.807, 2.05) is 61.5 Å². The van der Waals surface area contributed by atoms with Gasteiger partial charge in [-0.1, -0.05) is 30.3 Å². The number of carbonyl (C=O) groups excluding carboxylic acids is 1. The van der Waals surface area contributed by atoms with Crippen LogP contribution in [0.2, 0.25) is 0 Å². The Morgan fingerprint density at radius 2 is 1.65 bits per heavy atom. The first-order valence-electron chi connectivity index (χ1n) is 10.0. The molecule has 6 nitrogen and oxygen atoms in total. The molecule has 1 atom stereocenters. The summed E-state index contributed by atoms with van der Waals surface area (Å²) in [5.74, 6) is 1.82. The highest BCUT2D eigenvalue weighted by Crippen LogP contribution is 2.32. The summed E-state index contributed by atoms with van der Waals surface area (Å²) >= 11 is 0.